The molecule has 1 aromatic heterocycles. The van der Waals surface area contributed by atoms with Gasteiger partial charge in [0, 0.05) is 6.54 Å². The Labute approximate surface area is 200 Å². The first-order valence-electron chi connectivity index (χ1n) is 11.8. The standard InChI is InChI=1S/C28H31N3O3/c1-3-21-14-16-22(17-15-21)34-19-9-8-18-31-25-12-6-5-11-24(25)30-27(31)20-29-28(32)23-10-4-7-13-26(23)33-2/h4-7,10-17H,3,8-9,18-20H2,1-2H3,(H,29,32). The molecule has 0 fully saturated rings. The van der Waals surface area contributed by atoms with Crippen LogP contribution in [0.25, 0.3) is 11.0 Å². The first-order chi connectivity index (χ1) is 16.7. The molecule has 34 heavy (non-hydrogen) atoms. The number of para-hydroxylation sites is 3. The highest BCUT2D eigenvalue weighted by atomic mass is 16.5. The predicted molar refractivity (Wildman–Crippen MR) is 134 cm³/mol. The number of rotatable bonds is 11. The first kappa shape index (κ1) is 23.4. The summed E-state index contributed by atoms with van der Waals surface area (Å²) in [7, 11) is 1.56. The van der Waals surface area contributed by atoms with Gasteiger partial charge in [0.25, 0.3) is 5.91 Å². The van der Waals surface area contributed by atoms with Crippen molar-refractivity contribution in [2.45, 2.75) is 39.3 Å². The highest BCUT2D eigenvalue weighted by Crippen LogP contribution is 2.19. The maximum Gasteiger partial charge on any atom is 0.255 e. The monoisotopic (exact) mass is 457 g/mol. The molecule has 3 aromatic carbocycles. The van der Waals surface area contributed by atoms with Crippen LogP contribution in [0, 0.1) is 0 Å². The van der Waals surface area contributed by atoms with Crippen LogP contribution in [0.4, 0.5) is 0 Å². The van der Waals surface area contributed by atoms with Crippen LogP contribution in [0.3, 0.4) is 0 Å². The van der Waals surface area contributed by atoms with Crippen LogP contribution in [-0.4, -0.2) is 29.2 Å². The number of unbranched alkanes of at least 4 members (excludes halogenated alkanes) is 1. The largest absolute Gasteiger partial charge is 0.496 e. The molecule has 0 bridgehead atoms. The van der Waals surface area contributed by atoms with Crippen molar-refractivity contribution in [3.05, 3.63) is 89.7 Å². The zero-order chi connectivity index (χ0) is 23.8. The second kappa shape index (κ2) is 11.4. The lowest BCUT2D eigenvalue weighted by Gasteiger charge is -2.12. The molecule has 0 spiro atoms. The maximum atomic E-state index is 12.8. The van der Waals surface area contributed by atoms with Crippen molar-refractivity contribution >= 4 is 16.9 Å². The van der Waals surface area contributed by atoms with E-state index in [-0.39, 0.29) is 5.91 Å². The molecule has 0 saturated heterocycles. The summed E-state index contributed by atoms with van der Waals surface area (Å²) in [5.41, 5.74) is 3.82. The van der Waals surface area contributed by atoms with Crippen molar-refractivity contribution in [1.82, 2.24) is 14.9 Å². The summed E-state index contributed by atoms with van der Waals surface area (Å²) in [6.07, 6.45) is 2.90. The number of hydrogen-bond acceptors (Lipinski definition) is 4. The van der Waals surface area contributed by atoms with E-state index in [0.29, 0.717) is 24.5 Å². The minimum absolute atomic E-state index is 0.182. The second-order valence-electron chi connectivity index (χ2n) is 8.10. The number of amides is 1. The minimum Gasteiger partial charge on any atom is -0.496 e. The Balaban J connectivity index is 1.37. The maximum absolute atomic E-state index is 12.8. The normalized spacial score (nSPS) is 10.9. The van der Waals surface area contributed by atoms with Gasteiger partial charge in [0.2, 0.25) is 0 Å². The molecule has 0 radical (unpaired) electrons. The van der Waals surface area contributed by atoms with Gasteiger partial charge in [0.1, 0.15) is 17.3 Å². The zero-order valence-electron chi connectivity index (χ0n) is 19.8. The average molecular weight is 458 g/mol. The Bertz CT molecular complexity index is 1230. The van der Waals surface area contributed by atoms with Crippen molar-refractivity contribution in [2.75, 3.05) is 13.7 Å². The fourth-order valence-corrected chi connectivity index (χ4v) is 3.98. The summed E-state index contributed by atoms with van der Waals surface area (Å²) >= 11 is 0. The van der Waals surface area contributed by atoms with Crippen LogP contribution in [0.1, 0.15) is 41.5 Å². The van der Waals surface area contributed by atoms with E-state index in [0.717, 1.165) is 48.4 Å². The molecule has 4 rings (SSSR count). The molecule has 6 heteroatoms. The van der Waals surface area contributed by atoms with Gasteiger partial charge in [0.05, 0.1) is 36.9 Å². The topological polar surface area (TPSA) is 65.4 Å². The van der Waals surface area contributed by atoms with Crippen LogP contribution < -0.4 is 14.8 Å². The Morgan fingerprint density at radius 3 is 2.53 bits per heavy atom. The SMILES string of the molecule is CCc1ccc(OCCCCn2c(CNC(=O)c3ccccc3OC)nc3ccccc32)cc1. The molecule has 4 aromatic rings. The van der Waals surface area contributed by atoms with E-state index in [2.05, 4.69) is 35.0 Å². The van der Waals surface area contributed by atoms with E-state index in [9.17, 15) is 4.79 Å². The van der Waals surface area contributed by atoms with Crippen LogP contribution >= 0.6 is 0 Å². The molecule has 6 nitrogen and oxygen atoms in total. The van der Waals surface area contributed by atoms with Gasteiger partial charge in [-0.1, -0.05) is 43.3 Å². The Morgan fingerprint density at radius 2 is 1.74 bits per heavy atom. The Hall–Kier alpha value is -3.80. The molecule has 176 valence electrons. The summed E-state index contributed by atoms with van der Waals surface area (Å²) in [5.74, 6) is 2.11. The van der Waals surface area contributed by atoms with E-state index < -0.39 is 0 Å². The molecule has 1 amide bonds. The number of fused-ring (bicyclic) bond motifs is 1. The third-order valence-electron chi connectivity index (χ3n) is 5.87. The van der Waals surface area contributed by atoms with Gasteiger partial charge in [-0.25, -0.2) is 4.98 Å². The molecule has 0 atom stereocenters. The van der Waals surface area contributed by atoms with E-state index >= 15 is 0 Å². The van der Waals surface area contributed by atoms with Crippen LogP contribution in [0.15, 0.2) is 72.8 Å². The number of benzene rings is 3. The Morgan fingerprint density at radius 1 is 0.971 bits per heavy atom. The molecule has 0 saturated carbocycles. The fraction of sp³-hybridized carbons (Fsp3) is 0.286. The molecule has 0 aliphatic carbocycles. The van der Waals surface area contributed by atoms with Crippen molar-refractivity contribution in [1.29, 1.82) is 0 Å². The van der Waals surface area contributed by atoms with Gasteiger partial charge >= 0.3 is 0 Å². The van der Waals surface area contributed by atoms with Crippen molar-refractivity contribution < 1.29 is 14.3 Å². The van der Waals surface area contributed by atoms with E-state index in [4.69, 9.17) is 14.5 Å². The summed E-state index contributed by atoms with van der Waals surface area (Å²) < 4.78 is 13.4. The summed E-state index contributed by atoms with van der Waals surface area (Å²) in [6.45, 7) is 3.95. The van der Waals surface area contributed by atoms with Gasteiger partial charge in [-0.05, 0) is 61.2 Å². The number of aryl methyl sites for hydroxylation is 2. The number of nitrogens with zero attached hydrogens (tertiary/aromatic N) is 2. The lowest BCUT2D eigenvalue weighted by Crippen LogP contribution is -2.25. The van der Waals surface area contributed by atoms with Gasteiger partial charge in [-0.2, -0.15) is 0 Å². The number of hydrogen-bond donors (Lipinski definition) is 1. The number of carbonyl (C=O) groups excluding carboxylic acids is 1. The van der Waals surface area contributed by atoms with E-state index in [1.54, 1.807) is 19.2 Å². The minimum atomic E-state index is -0.182. The number of carbonyl (C=O) groups is 1. The predicted octanol–water partition coefficient (Wildman–Crippen LogP) is 5.40. The van der Waals surface area contributed by atoms with Gasteiger partial charge in [0.15, 0.2) is 0 Å². The lowest BCUT2D eigenvalue weighted by atomic mass is 10.2. The zero-order valence-corrected chi connectivity index (χ0v) is 19.8. The van der Waals surface area contributed by atoms with Crippen molar-refractivity contribution in [2.24, 2.45) is 0 Å². The third kappa shape index (κ3) is 5.57. The number of aromatic nitrogens is 2. The van der Waals surface area contributed by atoms with Crippen LogP contribution in [0.5, 0.6) is 11.5 Å². The van der Waals surface area contributed by atoms with Crippen molar-refractivity contribution in [3.8, 4) is 11.5 Å². The van der Waals surface area contributed by atoms with Gasteiger partial charge in [-0.15, -0.1) is 0 Å². The summed E-state index contributed by atoms with van der Waals surface area (Å²) in [4.78, 5) is 17.5. The molecule has 0 unspecified atom stereocenters. The molecule has 1 N–H and O–H groups in total. The molecule has 0 aliphatic rings. The van der Waals surface area contributed by atoms with Crippen LogP contribution in [-0.2, 0) is 19.5 Å². The lowest BCUT2D eigenvalue weighted by molar-refractivity contribution is 0.0946. The number of ether oxygens (including phenoxy) is 2. The average Bonchev–Trinajstić information content (AvgIpc) is 3.24. The highest BCUT2D eigenvalue weighted by molar-refractivity contribution is 5.96. The Kier molecular flexibility index (Phi) is 7.81. The molecular formula is C28H31N3O3. The van der Waals surface area contributed by atoms with E-state index in [1.165, 1.54) is 5.56 Å². The molecule has 1 heterocycles. The van der Waals surface area contributed by atoms with Gasteiger partial charge < -0.3 is 19.4 Å². The fourth-order valence-electron chi connectivity index (χ4n) is 3.98. The summed E-state index contributed by atoms with van der Waals surface area (Å²) in [5, 5.41) is 3.00. The quantitative estimate of drug-likeness (QED) is 0.307. The third-order valence-corrected chi connectivity index (χ3v) is 5.87. The summed E-state index contributed by atoms with van der Waals surface area (Å²) in [6, 6.07) is 23.6. The first-order valence-corrected chi connectivity index (χ1v) is 11.8. The number of methoxy groups -OCH3 is 1. The second-order valence-corrected chi connectivity index (χ2v) is 8.10. The number of imidazole rings is 1. The van der Waals surface area contributed by atoms with Gasteiger partial charge in [-0.3, -0.25) is 4.79 Å². The smallest absolute Gasteiger partial charge is 0.255 e. The van der Waals surface area contributed by atoms with Crippen LogP contribution in [0.2, 0.25) is 0 Å². The number of nitrogens with one attached hydrogen (secondary N) is 1. The van der Waals surface area contributed by atoms with E-state index in [1.807, 2.05) is 42.5 Å². The molecular weight excluding hydrogens is 426 g/mol. The van der Waals surface area contributed by atoms with Crippen molar-refractivity contribution in [3.63, 3.8) is 0 Å². The molecule has 0 aliphatic heterocycles. The highest BCUT2D eigenvalue weighted by Gasteiger charge is 2.14.